The molecule has 86 valence electrons. The maximum absolute atomic E-state index is 8.60. The number of aromatic nitrogens is 1. The fourth-order valence-corrected chi connectivity index (χ4v) is 1.54. The molecule has 1 aliphatic heterocycles. The van der Waals surface area contributed by atoms with E-state index in [9.17, 15) is 0 Å². The number of anilines is 1. The Morgan fingerprint density at radius 2 is 2.06 bits per heavy atom. The van der Waals surface area contributed by atoms with Crippen LogP contribution in [0.15, 0.2) is 18.3 Å². The molecule has 2 heterocycles. The maximum Gasteiger partial charge on any atom is 0.707 e. The van der Waals surface area contributed by atoms with Crippen molar-refractivity contribution in [2.45, 2.75) is 0 Å². The van der Waals surface area contributed by atoms with E-state index in [0.717, 1.165) is 18.9 Å². The summed E-state index contributed by atoms with van der Waals surface area (Å²) in [6.45, 7) is 3.04. The van der Waals surface area contributed by atoms with Crippen LogP contribution in [-0.4, -0.2) is 48.7 Å². The fraction of sp³-hybridized carbons (Fsp3) is 0.444. The van der Waals surface area contributed by atoms with E-state index >= 15 is 0 Å². The van der Waals surface area contributed by atoms with Crippen LogP contribution in [0.5, 0.6) is 5.75 Å². The first-order valence-corrected chi connectivity index (χ1v) is 5.07. The van der Waals surface area contributed by atoms with Crippen molar-refractivity contribution >= 4 is 13.1 Å². The van der Waals surface area contributed by atoms with Crippen LogP contribution in [0, 0.1) is 0 Å². The zero-order chi connectivity index (χ0) is 11.4. The van der Waals surface area contributed by atoms with Crippen molar-refractivity contribution in [3.05, 3.63) is 18.3 Å². The Morgan fingerprint density at radius 3 is 2.62 bits per heavy atom. The quantitative estimate of drug-likeness (QED) is 0.659. The molecule has 0 amide bonds. The zero-order valence-electron chi connectivity index (χ0n) is 8.74. The summed E-state index contributed by atoms with van der Waals surface area (Å²) < 4.78 is 9.90. The van der Waals surface area contributed by atoms with Gasteiger partial charge in [0.15, 0.2) is 0 Å². The molecule has 7 heteroatoms. The smallest absolute Gasteiger partial charge is 0.511 e. The highest BCUT2D eigenvalue weighted by atomic mass is 16.6. The monoisotopic (exact) mass is 224 g/mol. The Balaban J connectivity index is 2.00. The van der Waals surface area contributed by atoms with Crippen molar-refractivity contribution in [3.63, 3.8) is 0 Å². The molecule has 16 heavy (non-hydrogen) atoms. The minimum Gasteiger partial charge on any atom is -0.511 e. The van der Waals surface area contributed by atoms with Crippen LogP contribution in [0.2, 0.25) is 0 Å². The van der Waals surface area contributed by atoms with Gasteiger partial charge in [0, 0.05) is 13.1 Å². The van der Waals surface area contributed by atoms with E-state index in [1.54, 1.807) is 12.1 Å². The standard InChI is InChI=1S/C9H13BN2O4/c13-10(14)16-8-1-2-9(11-7-8)12-3-5-15-6-4-12/h1-2,7,13-14H,3-6H2. The summed E-state index contributed by atoms with van der Waals surface area (Å²) >= 11 is 0. The Hall–Kier alpha value is -1.31. The first-order chi connectivity index (χ1) is 7.75. The first-order valence-electron chi connectivity index (χ1n) is 5.07. The van der Waals surface area contributed by atoms with Gasteiger partial charge in [-0.3, -0.25) is 0 Å². The molecule has 0 atom stereocenters. The second-order valence-electron chi connectivity index (χ2n) is 3.40. The molecule has 0 unspecified atom stereocenters. The average molecular weight is 224 g/mol. The van der Waals surface area contributed by atoms with Crippen molar-refractivity contribution in [3.8, 4) is 5.75 Å². The van der Waals surface area contributed by atoms with Gasteiger partial charge in [-0.2, -0.15) is 0 Å². The van der Waals surface area contributed by atoms with Crippen molar-refractivity contribution < 1.29 is 19.4 Å². The van der Waals surface area contributed by atoms with Crippen LogP contribution in [0.1, 0.15) is 0 Å². The molecule has 0 saturated carbocycles. The molecule has 6 nitrogen and oxygen atoms in total. The van der Waals surface area contributed by atoms with Gasteiger partial charge in [-0.15, -0.1) is 0 Å². The highest BCUT2D eigenvalue weighted by molar-refractivity contribution is 6.33. The van der Waals surface area contributed by atoms with Crippen LogP contribution in [0.3, 0.4) is 0 Å². The largest absolute Gasteiger partial charge is 0.707 e. The van der Waals surface area contributed by atoms with Gasteiger partial charge in [0.25, 0.3) is 0 Å². The molecule has 0 bridgehead atoms. The van der Waals surface area contributed by atoms with Crippen LogP contribution in [0.4, 0.5) is 5.82 Å². The zero-order valence-corrected chi connectivity index (χ0v) is 8.74. The topological polar surface area (TPSA) is 75.0 Å². The van der Waals surface area contributed by atoms with E-state index in [2.05, 4.69) is 14.5 Å². The van der Waals surface area contributed by atoms with Gasteiger partial charge < -0.3 is 24.3 Å². The van der Waals surface area contributed by atoms with Gasteiger partial charge in [-0.1, -0.05) is 0 Å². The third kappa shape index (κ3) is 2.85. The molecule has 0 aliphatic carbocycles. The number of pyridine rings is 1. The van der Waals surface area contributed by atoms with Gasteiger partial charge in [-0.25, -0.2) is 4.98 Å². The minimum absolute atomic E-state index is 0.326. The molecule has 1 fully saturated rings. The van der Waals surface area contributed by atoms with Gasteiger partial charge in [0.05, 0.1) is 19.4 Å². The lowest BCUT2D eigenvalue weighted by atomic mass is 10.2. The van der Waals surface area contributed by atoms with Crippen molar-refractivity contribution in [1.82, 2.24) is 4.98 Å². The van der Waals surface area contributed by atoms with E-state index < -0.39 is 7.32 Å². The molecule has 0 aromatic carbocycles. The van der Waals surface area contributed by atoms with Crippen LogP contribution in [0.25, 0.3) is 0 Å². The molecular weight excluding hydrogens is 211 g/mol. The first kappa shape index (κ1) is 11.2. The van der Waals surface area contributed by atoms with Crippen LogP contribution in [-0.2, 0) is 4.74 Å². The number of rotatable bonds is 3. The second-order valence-corrected chi connectivity index (χ2v) is 3.40. The summed E-state index contributed by atoms with van der Waals surface area (Å²) in [7, 11) is -1.81. The molecule has 1 saturated heterocycles. The van der Waals surface area contributed by atoms with Crippen molar-refractivity contribution in [1.29, 1.82) is 0 Å². The summed E-state index contributed by atoms with van der Waals surface area (Å²) in [6, 6.07) is 3.43. The second kappa shape index (κ2) is 5.15. The minimum atomic E-state index is -1.81. The van der Waals surface area contributed by atoms with Crippen LogP contribution < -0.4 is 9.55 Å². The molecular formula is C9H13BN2O4. The molecule has 1 aliphatic rings. The number of morpholine rings is 1. The van der Waals surface area contributed by atoms with E-state index in [4.69, 9.17) is 14.8 Å². The molecule has 2 N–H and O–H groups in total. The van der Waals surface area contributed by atoms with Crippen molar-refractivity contribution in [2.75, 3.05) is 31.2 Å². The highest BCUT2D eigenvalue weighted by Gasteiger charge is 2.14. The van der Waals surface area contributed by atoms with Crippen molar-refractivity contribution in [2.24, 2.45) is 0 Å². The SMILES string of the molecule is OB(O)Oc1ccc(N2CCOCC2)nc1. The van der Waals surface area contributed by atoms with Crippen LogP contribution >= 0.6 is 0 Å². The van der Waals surface area contributed by atoms with E-state index in [1.165, 1.54) is 6.20 Å². The van der Waals surface area contributed by atoms with Gasteiger partial charge in [-0.05, 0) is 12.1 Å². The Labute approximate surface area is 93.6 Å². The molecule has 0 radical (unpaired) electrons. The lowest BCUT2D eigenvalue weighted by molar-refractivity contribution is 0.122. The summed E-state index contributed by atoms with van der Waals surface area (Å²) in [5, 5.41) is 17.2. The average Bonchev–Trinajstić information content (AvgIpc) is 2.30. The number of ether oxygens (including phenoxy) is 1. The van der Waals surface area contributed by atoms with E-state index in [1.807, 2.05) is 0 Å². The Bertz CT molecular complexity index is 327. The third-order valence-corrected chi connectivity index (χ3v) is 2.30. The third-order valence-electron chi connectivity index (χ3n) is 2.30. The van der Waals surface area contributed by atoms with Gasteiger partial charge in [0.1, 0.15) is 11.6 Å². The molecule has 2 rings (SSSR count). The molecule has 1 aromatic heterocycles. The van der Waals surface area contributed by atoms with Gasteiger partial charge in [0.2, 0.25) is 0 Å². The number of hydrogen-bond acceptors (Lipinski definition) is 6. The fourth-order valence-electron chi connectivity index (χ4n) is 1.54. The van der Waals surface area contributed by atoms with E-state index in [0.29, 0.717) is 19.0 Å². The predicted molar refractivity (Wildman–Crippen MR) is 58.1 cm³/mol. The van der Waals surface area contributed by atoms with Gasteiger partial charge >= 0.3 is 7.32 Å². The predicted octanol–water partition coefficient (Wildman–Crippen LogP) is -0.734. The highest BCUT2D eigenvalue weighted by Crippen LogP contribution is 2.16. The number of hydrogen-bond donors (Lipinski definition) is 2. The lowest BCUT2D eigenvalue weighted by Crippen LogP contribution is -2.36. The number of nitrogens with zero attached hydrogens (tertiary/aromatic N) is 2. The Kier molecular flexibility index (Phi) is 3.60. The summed E-state index contributed by atoms with van der Waals surface area (Å²) in [6.07, 6.45) is 1.46. The van der Waals surface area contributed by atoms with E-state index in [-0.39, 0.29) is 0 Å². The molecule has 0 spiro atoms. The summed E-state index contributed by atoms with van der Waals surface area (Å²) in [5.41, 5.74) is 0. The summed E-state index contributed by atoms with van der Waals surface area (Å²) in [4.78, 5) is 6.28. The maximum atomic E-state index is 8.60. The lowest BCUT2D eigenvalue weighted by Gasteiger charge is -2.27. The normalized spacial score (nSPS) is 16.0. The molecule has 1 aromatic rings. The Morgan fingerprint density at radius 1 is 1.31 bits per heavy atom. The summed E-state index contributed by atoms with van der Waals surface area (Å²) in [5.74, 6) is 1.16.